The van der Waals surface area contributed by atoms with Gasteiger partial charge in [0.1, 0.15) is 11.6 Å². The number of imidazole rings is 1. The standard InChI is InChI=1S/C11H10F2N2S/c1-7-5-15(11(16)14-7)6-8-4-9(12)2-3-10(8)13/h2-5H,6H2,1H3,(H,14,16). The lowest BCUT2D eigenvalue weighted by atomic mass is 10.2. The molecule has 0 unspecified atom stereocenters. The molecule has 0 saturated heterocycles. The van der Waals surface area contributed by atoms with Crippen LogP contribution in [0.15, 0.2) is 24.4 Å². The quantitative estimate of drug-likeness (QED) is 0.799. The first kappa shape index (κ1) is 11.0. The molecule has 16 heavy (non-hydrogen) atoms. The highest BCUT2D eigenvalue weighted by Crippen LogP contribution is 2.12. The van der Waals surface area contributed by atoms with Crippen molar-refractivity contribution in [3.8, 4) is 0 Å². The van der Waals surface area contributed by atoms with Crippen molar-refractivity contribution >= 4 is 12.2 Å². The molecule has 0 radical (unpaired) electrons. The lowest BCUT2D eigenvalue weighted by Gasteiger charge is -2.04. The Bertz CT molecular complexity index is 572. The van der Waals surface area contributed by atoms with Crippen molar-refractivity contribution in [1.82, 2.24) is 9.55 Å². The number of hydrogen-bond donors (Lipinski definition) is 1. The van der Waals surface area contributed by atoms with Crippen molar-refractivity contribution in [2.45, 2.75) is 13.5 Å². The van der Waals surface area contributed by atoms with Crippen LogP contribution in [0.3, 0.4) is 0 Å². The number of nitrogens with zero attached hydrogens (tertiary/aromatic N) is 1. The van der Waals surface area contributed by atoms with Crippen LogP contribution in [0.4, 0.5) is 8.78 Å². The van der Waals surface area contributed by atoms with E-state index in [4.69, 9.17) is 12.2 Å². The summed E-state index contributed by atoms with van der Waals surface area (Å²) in [7, 11) is 0. The van der Waals surface area contributed by atoms with Crippen LogP contribution in [0, 0.1) is 23.3 Å². The second kappa shape index (κ2) is 4.17. The molecule has 84 valence electrons. The zero-order valence-corrected chi connectivity index (χ0v) is 9.44. The minimum absolute atomic E-state index is 0.229. The van der Waals surface area contributed by atoms with Crippen molar-refractivity contribution in [2.24, 2.45) is 0 Å². The van der Waals surface area contributed by atoms with E-state index in [2.05, 4.69) is 4.98 Å². The van der Waals surface area contributed by atoms with Crippen LogP contribution in [-0.4, -0.2) is 9.55 Å². The molecule has 0 aliphatic rings. The van der Waals surface area contributed by atoms with Crippen molar-refractivity contribution in [2.75, 3.05) is 0 Å². The first-order valence-corrected chi connectivity index (χ1v) is 5.17. The van der Waals surface area contributed by atoms with E-state index in [1.165, 1.54) is 6.07 Å². The molecule has 0 spiro atoms. The van der Waals surface area contributed by atoms with Gasteiger partial charge in [0, 0.05) is 17.5 Å². The Morgan fingerprint density at radius 3 is 2.75 bits per heavy atom. The second-order valence-electron chi connectivity index (χ2n) is 3.61. The van der Waals surface area contributed by atoms with Crippen LogP contribution in [0.5, 0.6) is 0 Å². The average Bonchev–Trinajstić information content (AvgIpc) is 2.51. The number of halogens is 2. The van der Waals surface area contributed by atoms with Crippen LogP contribution in [0.1, 0.15) is 11.3 Å². The largest absolute Gasteiger partial charge is 0.335 e. The van der Waals surface area contributed by atoms with E-state index in [0.717, 1.165) is 17.8 Å². The molecule has 1 N–H and O–H groups in total. The number of aryl methyl sites for hydroxylation is 1. The van der Waals surface area contributed by atoms with E-state index >= 15 is 0 Å². The maximum atomic E-state index is 13.4. The van der Waals surface area contributed by atoms with E-state index in [1.54, 1.807) is 10.8 Å². The molecule has 0 atom stereocenters. The van der Waals surface area contributed by atoms with Crippen LogP contribution < -0.4 is 0 Å². The maximum Gasteiger partial charge on any atom is 0.177 e. The van der Waals surface area contributed by atoms with E-state index in [0.29, 0.717) is 4.77 Å². The Morgan fingerprint density at radius 1 is 1.38 bits per heavy atom. The monoisotopic (exact) mass is 240 g/mol. The summed E-state index contributed by atoms with van der Waals surface area (Å²) in [6, 6.07) is 3.40. The van der Waals surface area contributed by atoms with Crippen molar-refractivity contribution < 1.29 is 8.78 Å². The van der Waals surface area contributed by atoms with Crippen LogP contribution in [0.25, 0.3) is 0 Å². The van der Waals surface area contributed by atoms with E-state index in [1.807, 2.05) is 6.92 Å². The molecule has 0 aliphatic carbocycles. The molecule has 0 aliphatic heterocycles. The van der Waals surface area contributed by atoms with Crippen LogP contribution in [0.2, 0.25) is 0 Å². The fraction of sp³-hybridized carbons (Fsp3) is 0.182. The van der Waals surface area contributed by atoms with Gasteiger partial charge in [0.15, 0.2) is 4.77 Å². The first-order chi connectivity index (χ1) is 7.56. The highest BCUT2D eigenvalue weighted by atomic mass is 32.1. The van der Waals surface area contributed by atoms with E-state index < -0.39 is 11.6 Å². The van der Waals surface area contributed by atoms with Crippen LogP contribution >= 0.6 is 12.2 Å². The van der Waals surface area contributed by atoms with Gasteiger partial charge < -0.3 is 9.55 Å². The summed E-state index contributed by atoms with van der Waals surface area (Å²) in [5.41, 5.74) is 1.18. The van der Waals surface area contributed by atoms with Gasteiger partial charge in [-0.1, -0.05) is 0 Å². The van der Waals surface area contributed by atoms with E-state index in [9.17, 15) is 8.78 Å². The normalized spacial score (nSPS) is 10.7. The zero-order valence-electron chi connectivity index (χ0n) is 8.63. The maximum absolute atomic E-state index is 13.4. The van der Waals surface area contributed by atoms with Crippen molar-refractivity contribution in [1.29, 1.82) is 0 Å². The lowest BCUT2D eigenvalue weighted by Crippen LogP contribution is -2.01. The van der Waals surface area contributed by atoms with Gasteiger partial charge in [-0.25, -0.2) is 8.78 Å². The third-order valence-corrected chi connectivity index (χ3v) is 2.60. The van der Waals surface area contributed by atoms with Gasteiger partial charge in [-0.3, -0.25) is 0 Å². The number of aromatic nitrogens is 2. The third-order valence-electron chi connectivity index (χ3n) is 2.26. The fourth-order valence-electron chi connectivity index (χ4n) is 1.53. The number of nitrogens with one attached hydrogen (secondary N) is 1. The Balaban J connectivity index is 2.37. The molecule has 0 saturated carbocycles. The number of aromatic amines is 1. The molecule has 5 heteroatoms. The lowest BCUT2D eigenvalue weighted by molar-refractivity contribution is 0.576. The SMILES string of the molecule is Cc1cn(Cc2cc(F)ccc2F)c(=S)[nH]1. The molecule has 0 amide bonds. The molecule has 0 bridgehead atoms. The minimum Gasteiger partial charge on any atom is -0.335 e. The molecule has 1 aromatic heterocycles. The summed E-state index contributed by atoms with van der Waals surface area (Å²) in [5.74, 6) is -0.877. The summed E-state index contributed by atoms with van der Waals surface area (Å²) in [6.07, 6.45) is 1.77. The number of rotatable bonds is 2. The smallest absolute Gasteiger partial charge is 0.177 e. The average molecular weight is 240 g/mol. The summed E-state index contributed by atoms with van der Waals surface area (Å²) in [6.45, 7) is 2.08. The first-order valence-electron chi connectivity index (χ1n) is 4.76. The fourth-order valence-corrected chi connectivity index (χ4v) is 1.81. The minimum atomic E-state index is -0.449. The predicted molar refractivity (Wildman–Crippen MR) is 59.8 cm³/mol. The van der Waals surface area contributed by atoms with Crippen molar-refractivity contribution in [3.05, 3.63) is 52.1 Å². The molecule has 2 rings (SSSR count). The van der Waals surface area contributed by atoms with Gasteiger partial charge in [0.25, 0.3) is 0 Å². The van der Waals surface area contributed by atoms with Gasteiger partial charge in [0.2, 0.25) is 0 Å². The van der Waals surface area contributed by atoms with Gasteiger partial charge >= 0.3 is 0 Å². The Morgan fingerprint density at radius 2 is 2.12 bits per heavy atom. The summed E-state index contributed by atoms with van der Waals surface area (Å²) < 4.78 is 28.5. The van der Waals surface area contributed by atoms with Crippen LogP contribution in [-0.2, 0) is 6.54 Å². The third kappa shape index (κ3) is 2.19. The molecule has 2 nitrogen and oxygen atoms in total. The summed E-state index contributed by atoms with van der Waals surface area (Å²) in [5, 5.41) is 0. The topological polar surface area (TPSA) is 20.7 Å². The van der Waals surface area contributed by atoms with Gasteiger partial charge in [-0.15, -0.1) is 0 Å². The molecule has 2 aromatic rings. The molecular weight excluding hydrogens is 230 g/mol. The Labute approximate surface area is 96.5 Å². The highest BCUT2D eigenvalue weighted by molar-refractivity contribution is 7.71. The van der Waals surface area contributed by atoms with E-state index in [-0.39, 0.29) is 12.1 Å². The van der Waals surface area contributed by atoms with Gasteiger partial charge in [-0.05, 0) is 37.3 Å². The molecule has 1 aromatic carbocycles. The molecular formula is C11H10F2N2S. The van der Waals surface area contributed by atoms with Gasteiger partial charge in [0.05, 0.1) is 6.54 Å². The predicted octanol–water partition coefficient (Wildman–Crippen LogP) is 3.18. The Hall–Kier alpha value is -1.49. The zero-order chi connectivity index (χ0) is 11.7. The Kier molecular flexibility index (Phi) is 2.87. The van der Waals surface area contributed by atoms with Crippen molar-refractivity contribution in [3.63, 3.8) is 0 Å². The number of benzene rings is 1. The summed E-state index contributed by atoms with van der Waals surface area (Å²) in [4.78, 5) is 2.92. The summed E-state index contributed by atoms with van der Waals surface area (Å²) >= 11 is 5.04. The number of hydrogen-bond acceptors (Lipinski definition) is 1. The molecule has 1 heterocycles. The number of H-pyrrole nitrogens is 1. The van der Waals surface area contributed by atoms with Gasteiger partial charge in [-0.2, -0.15) is 0 Å². The highest BCUT2D eigenvalue weighted by Gasteiger charge is 2.05. The second-order valence-corrected chi connectivity index (χ2v) is 3.99. The molecule has 0 fully saturated rings.